The van der Waals surface area contributed by atoms with Gasteiger partial charge in [-0.05, 0) is 48.3 Å². The monoisotopic (exact) mass is 404 g/mol. The highest BCUT2D eigenvalue weighted by atomic mass is 35.5. The third-order valence-electron chi connectivity index (χ3n) is 4.59. The third-order valence-corrected chi connectivity index (χ3v) is 4.97. The SMILES string of the molecule is C=C/C=C(C=C)/C(=C/c1ccccc1)N=C(CC)n1ccc(/C=C(/Cl)CC)c1C. The molecule has 0 N–H and O–H groups in total. The number of hydrogen-bond donors (Lipinski definition) is 0. The summed E-state index contributed by atoms with van der Waals surface area (Å²) in [7, 11) is 0. The summed E-state index contributed by atoms with van der Waals surface area (Å²) in [6.07, 6.45) is 13.2. The molecule has 3 heteroatoms. The highest BCUT2D eigenvalue weighted by Gasteiger charge is 2.10. The van der Waals surface area contributed by atoms with Crippen molar-refractivity contribution in [2.24, 2.45) is 4.99 Å². The number of nitrogens with zero attached hydrogens (tertiary/aromatic N) is 2. The summed E-state index contributed by atoms with van der Waals surface area (Å²) in [4.78, 5) is 5.02. The Hall–Kier alpha value is -2.84. The molecule has 0 aliphatic carbocycles. The molecule has 1 aromatic carbocycles. The van der Waals surface area contributed by atoms with Crippen LogP contribution in [0.15, 0.2) is 95.3 Å². The molecule has 0 saturated carbocycles. The van der Waals surface area contributed by atoms with E-state index >= 15 is 0 Å². The second-order valence-electron chi connectivity index (χ2n) is 6.55. The fourth-order valence-electron chi connectivity index (χ4n) is 2.94. The molecule has 2 aromatic rings. The maximum absolute atomic E-state index is 6.25. The van der Waals surface area contributed by atoms with E-state index in [4.69, 9.17) is 16.6 Å². The van der Waals surface area contributed by atoms with Crippen LogP contribution < -0.4 is 0 Å². The van der Waals surface area contributed by atoms with Gasteiger partial charge < -0.3 is 4.57 Å². The zero-order valence-corrected chi connectivity index (χ0v) is 18.3. The molecule has 0 amide bonds. The average molecular weight is 405 g/mol. The molecule has 1 heterocycles. The largest absolute Gasteiger partial charge is 0.309 e. The number of rotatable bonds is 8. The number of aliphatic imine (C=N–C) groups is 1. The van der Waals surface area contributed by atoms with Crippen molar-refractivity contribution < 1.29 is 0 Å². The second kappa shape index (κ2) is 11.2. The standard InChI is InChI=1S/C26H29ClN2/c1-6-13-22(7-2)25(18-21-14-11-10-12-15-21)28-26(9-4)29-17-16-23(20(29)5)19-24(27)8-3/h6-7,10-19H,1-2,8-9H2,3-5H3/b22-13+,24-19+,25-18-,28-26?. The van der Waals surface area contributed by atoms with Crippen LogP contribution >= 0.6 is 11.6 Å². The Labute approximate surface area is 179 Å². The smallest absolute Gasteiger partial charge is 0.113 e. The number of benzene rings is 1. The molecule has 0 spiro atoms. The molecule has 2 rings (SSSR count). The molecular formula is C26H29ClN2. The van der Waals surface area contributed by atoms with Gasteiger partial charge in [-0.15, -0.1) is 0 Å². The molecule has 0 bridgehead atoms. The van der Waals surface area contributed by atoms with E-state index < -0.39 is 0 Å². The Morgan fingerprint density at radius 3 is 2.38 bits per heavy atom. The fourth-order valence-corrected chi connectivity index (χ4v) is 3.06. The summed E-state index contributed by atoms with van der Waals surface area (Å²) in [5.41, 5.74) is 5.08. The minimum atomic E-state index is 0.783. The van der Waals surface area contributed by atoms with Crippen molar-refractivity contribution in [3.05, 3.63) is 107 Å². The molecular weight excluding hydrogens is 376 g/mol. The van der Waals surface area contributed by atoms with E-state index in [0.717, 1.165) is 51.8 Å². The van der Waals surface area contributed by atoms with E-state index in [1.54, 1.807) is 6.08 Å². The summed E-state index contributed by atoms with van der Waals surface area (Å²) >= 11 is 6.25. The predicted octanol–water partition coefficient (Wildman–Crippen LogP) is 7.78. The first kappa shape index (κ1) is 22.4. The van der Waals surface area contributed by atoms with Crippen LogP contribution in [0.25, 0.3) is 12.2 Å². The van der Waals surface area contributed by atoms with Crippen LogP contribution in [0.5, 0.6) is 0 Å². The van der Waals surface area contributed by atoms with Crippen LogP contribution in [-0.2, 0) is 0 Å². The van der Waals surface area contributed by atoms with Gasteiger partial charge in [0.25, 0.3) is 0 Å². The van der Waals surface area contributed by atoms with Gasteiger partial charge in [0.05, 0.1) is 5.70 Å². The van der Waals surface area contributed by atoms with E-state index in [2.05, 4.69) is 55.8 Å². The second-order valence-corrected chi connectivity index (χ2v) is 7.04. The molecule has 0 aliphatic heterocycles. The quantitative estimate of drug-likeness (QED) is 0.243. The van der Waals surface area contributed by atoms with Gasteiger partial charge in [-0.1, -0.05) is 87.2 Å². The lowest BCUT2D eigenvalue weighted by Crippen LogP contribution is -2.12. The van der Waals surface area contributed by atoms with E-state index in [9.17, 15) is 0 Å². The zero-order valence-electron chi connectivity index (χ0n) is 17.5. The van der Waals surface area contributed by atoms with E-state index in [1.807, 2.05) is 49.5 Å². The summed E-state index contributed by atoms with van der Waals surface area (Å²) in [5.74, 6) is 0.953. The van der Waals surface area contributed by atoms with Crippen LogP contribution in [0, 0.1) is 6.92 Å². The van der Waals surface area contributed by atoms with Crippen molar-refractivity contribution in [1.29, 1.82) is 0 Å². The Kier molecular flexibility index (Phi) is 8.69. The molecule has 1 aromatic heterocycles. The average Bonchev–Trinajstić information content (AvgIpc) is 3.10. The molecule has 2 nitrogen and oxygen atoms in total. The van der Waals surface area contributed by atoms with Gasteiger partial charge in [0.1, 0.15) is 5.84 Å². The molecule has 0 unspecified atom stereocenters. The van der Waals surface area contributed by atoms with Gasteiger partial charge in [0, 0.05) is 23.3 Å². The van der Waals surface area contributed by atoms with Gasteiger partial charge >= 0.3 is 0 Å². The van der Waals surface area contributed by atoms with Gasteiger partial charge in [0.2, 0.25) is 0 Å². The lowest BCUT2D eigenvalue weighted by molar-refractivity contribution is 1.01. The van der Waals surface area contributed by atoms with Gasteiger partial charge in [-0.3, -0.25) is 0 Å². The normalized spacial score (nSPS) is 13.5. The first-order chi connectivity index (χ1) is 14.0. The maximum Gasteiger partial charge on any atom is 0.113 e. The first-order valence-corrected chi connectivity index (χ1v) is 10.3. The summed E-state index contributed by atoms with van der Waals surface area (Å²) in [6, 6.07) is 12.2. The van der Waals surface area contributed by atoms with Crippen molar-refractivity contribution >= 4 is 29.6 Å². The van der Waals surface area contributed by atoms with Gasteiger partial charge in [-0.2, -0.15) is 0 Å². The van der Waals surface area contributed by atoms with E-state index in [0.29, 0.717) is 0 Å². The number of halogens is 1. The zero-order chi connectivity index (χ0) is 21.2. The maximum atomic E-state index is 6.25. The van der Waals surface area contributed by atoms with Crippen molar-refractivity contribution in [3.8, 4) is 0 Å². The molecule has 150 valence electrons. The van der Waals surface area contributed by atoms with Gasteiger partial charge in [-0.25, -0.2) is 4.99 Å². The highest BCUT2D eigenvalue weighted by Crippen LogP contribution is 2.22. The van der Waals surface area contributed by atoms with Crippen LogP contribution in [0.3, 0.4) is 0 Å². The Morgan fingerprint density at radius 2 is 1.79 bits per heavy atom. The minimum absolute atomic E-state index is 0.783. The Balaban J connectivity index is 2.59. The first-order valence-electron chi connectivity index (χ1n) is 9.88. The Morgan fingerprint density at radius 1 is 1.07 bits per heavy atom. The lowest BCUT2D eigenvalue weighted by Gasteiger charge is -2.12. The number of hydrogen-bond acceptors (Lipinski definition) is 1. The van der Waals surface area contributed by atoms with Crippen LogP contribution in [0.1, 0.15) is 43.5 Å². The minimum Gasteiger partial charge on any atom is -0.309 e. The molecule has 29 heavy (non-hydrogen) atoms. The summed E-state index contributed by atoms with van der Waals surface area (Å²) in [6.45, 7) is 14.0. The van der Waals surface area contributed by atoms with Crippen molar-refractivity contribution in [1.82, 2.24) is 4.57 Å². The molecule has 0 atom stereocenters. The van der Waals surface area contributed by atoms with E-state index in [-0.39, 0.29) is 0 Å². The number of allylic oxidation sites excluding steroid dienone is 4. The van der Waals surface area contributed by atoms with Crippen LogP contribution in [0.2, 0.25) is 0 Å². The predicted molar refractivity (Wildman–Crippen MR) is 129 cm³/mol. The molecule has 0 radical (unpaired) electrons. The molecule has 0 fully saturated rings. The van der Waals surface area contributed by atoms with Crippen LogP contribution in [0.4, 0.5) is 0 Å². The molecule has 0 saturated heterocycles. The highest BCUT2D eigenvalue weighted by molar-refractivity contribution is 6.31. The molecule has 0 aliphatic rings. The lowest BCUT2D eigenvalue weighted by atomic mass is 10.1. The van der Waals surface area contributed by atoms with Crippen molar-refractivity contribution in [2.75, 3.05) is 0 Å². The van der Waals surface area contributed by atoms with Crippen molar-refractivity contribution in [2.45, 2.75) is 33.6 Å². The summed E-state index contributed by atoms with van der Waals surface area (Å²) < 4.78 is 2.12. The third kappa shape index (κ3) is 6.07. The Bertz CT molecular complexity index is 969. The summed E-state index contributed by atoms with van der Waals surface area (Å²) in [5, 5.41) is 0.841. The van der Waals surface area contributed by atoms with Gasteiger partial charge in [0.15, 0.2) is 0 Å². The van der Waals surface area contributed by atoms with Crippen molar-refractivity contribution in [3.63, 3.8) is 0 Å². The fraction of sp³-hybridized carbons (Fsp3) is 0.192. The number of aromatic nitrogens is 1. The topological polar surface area (TPSA) is 17.3 Å². The van der Waals surface area contributed by atoms with E-state index in [1.165, 1.54) is 0 Å². The van der Waals surface area contributed by atoms with Crippen LogP contribution in [-0.4, -0.2) is 10.4 Å².